The van der Waals surface area contributed by atoms with Gasteiger partial charge in [0.1, 0.15) is 0 Å². The Balaban J connectivity index is 2.01. The summed E-state index contributed by atoms with van der Waals surface area (Å²) in [7, 11) is 1.85. The average Bonchev–Trinajstić information content (AvgIpc) is 2.49. The molecule has 124 valence electrons. The van der Waals surface area contributed by atoms with Gasteiger partial charge in [-0.15, -0.1) is 0 Å². The van der Waals surface area contributed by atoms with Gasteiger partial charge in [0.2, 0.25) is 0 Å². The maximum atomic E-state index is 4.28. The van der Waals surface area contributed by atoms with Crippen LogP contribution in [0.25, 0.3) is 0 Å². The van der Waals surface area contributed by atoms with Crippen molar-refractivity contribution in [2.45, 2.75) is 39.0 Å². The second-order valence-electron chi connectivity index (χ2n) is 6.03. The monoisotopic (exact) mass is 314 g/mol. The number of nitrogens with one attached hydrogen (secondary N) is 2. The average molecular weight is 315 g/mol. The summed E-state index contributed by atoms with van der Waals surface area (Å²) in [5, 5.41) is 6.81. The lowest BCUT2D eigenvalue weighted by atomic mass is 10.0. The third kappa shape index (κ3) is 9.25. The number of aliphatic imine (C=N–C) groups is 1. The molecule has 1 atom stereocenters. The first-order valence-corrected chi connectivity index (χ1v) is 9.81. The van der Waals surface area contributed by atoms with Gasteiger partial charge in [0.05, 0.1) is 0 Å². The number of likely N-dealkylation sites (tertiary alicyclic amines) is 1. The molecule has 1 rings (SSSR count). The zero-order valence-corrected chi connectivity index (χ0v) is 15.0. The van der Waals surface area contributed by atoms with E-state index in [1.165, 1.54) is 57.5 Å². The maximum Gasteiger partial charge on any atom is 0.190 e. The van der Waals surface area contributed by atoms with E-state index in [4.69, 9.17) is 0 Å². The molecule has 0 aromatic heterocycles. The predicted molar refractivity (Wildman–Crippen MR) is 96.4 cm³/mol. The van der Waals surface area contributed by atoms with E-state index in [0.717, 1.165) is 25.0 Å². The molecule has 1 aliphatic rings. The molecule has 0 spiro atoms. The van der Waals surface area contributed by atoms with Crippen LogP contribution in [0.2, 0.25) is 0 Å². The van der Waals surface area contributed by atoms with Crippen molar-refractivity contribution in [3.8, 4) is 0 Å². The van der Waals surface area contributed by atoms with Crippen LogP contribution in [0.4, 0.5) is 0 Å². The number of guanidine groups is 1. The summed E-state index contributed by atoms with van der Waals surface area (Å²) < 4.78 is 0. The molecule has 0 aliphatic carbocycles. The van der Waals surface area contributed by atoms with E-state index >= 15 is 0 Å². The van der Waals surface area contributed by atoms with Crippen molar-refractivity contribution in [3.05, 3.63) is 0 Å². The van der Waals surface area contributed by atoms with Crippen molar-refractivity contribution in [2.75, 3.05) is 51.8 Å². The number of thioether (sulfide) groups is 1. The molecule has 0 aromatic carbocycles. The summed E-state index contributed by atoms with van der Waals surface area (Å²) in [5.74, 6) is 3.08. The third-order valence-electron chi connectivity index (χ3n) is 3.98. The largest absolute Gasteiger partial charge is 0.356 e. The number of rotatable bonds is 9. The van der Waals surface area contributed by atoms with Gasteiger partial charge in [-0.05, 0) is 63.1 Å². The SMILES string of the molecule is CN=C(NCCCCSC)NCCCN1CCCC(C)C1. The fourth-order valence-corrected chi connectivity index (χ4v) is 3.29. The van der Waals surface area contributed by atoms with Crippen LogP contribution in [-0.4, -0.2) is 62.6 Å². The summed E-state index contributed by atoms with van der Waals surface area (Å²) in [6.07, 6.45) is 8.62. The van der Waals surface area contributed by atoms with Crippen LogP contribution in [0, 0.1) is 5.92 Å². The molecule has 0 radical (unpaired) electrons. The van der Waals surface area contributed by atoms with Gasteiger partial charge in [-0.2, -0.15) is 11.8 Å². The molecule has 5 heteroatoms. The highest BCUT2D eigenvalue weighted by atomic mass is 32.2. The Hall–Kier alpha value is -0.420. The number of hydrogen-bond acceptors (Lipinski definition) is 3. The van der Waals surface area contributed by atoms with Crippen LogP contribution in [0.5, 0.6) is 0 Å². The Morgan fingerprint density at radius 1 is 1.24 bits per heavy atom. The van der Waals surface area contributed by atoms with E-state index in [1.54, 1.807) is 0 Å². The van der Waals surface area contributed by atoms with Gasteiger partial charge in [0, 0.05) is 26.7 Å². The van der Waals surface area contributed by atoms with Crippen LogP contribution in [0.3, 0.4) is 0 Å². The Bertz CT molecular complexity index is 283. The van der Waals surface area contributed by atoms with Crippen molar-refractivity contribution in [1.29, 1.82) is 0 Å². The summed E-state index contributed by atoms with van der Waals surface area (Å²) in [5.41, 5.74) is 0. The summed E-state index contributed by atoms with van der Waals surface area (Å²) in [4.78, 5) is 6.88. The van der Waals surface area contributed by atoms with Crippen molar-refractivity contribution >= 4 is 17.7 Å². The van der Waals surface area contributed by atoms with Gasteiger partial charge in [-0.25, -0.2) is 0 Å². The van der Waals surface area contributed by atoms with E-state index in [2.05, 4.69) is 33.7 Å². The molecular weight excluding hydrogens is 280 g/mol. The molecular formula is C16H34N4S. The van der Waals surface area contributed by atoms with Gasteiger partial charge < -0.3 is 15.5 Å². The smallest absolute Gasteiger partial charge is 0.190 e. The van der Waals surface area contributed by atoms with E-state index in [1.807, 2.05) is 18.8 Å². The normalized spacial score (nSPS) is 20.5. The number of hydrogen-bond donors (Lipinski definition) is 2. The van der Waals surface area contributed by atoms with Crippen molar-refractivity contribution in [1.82, 2.24) is 15.5 Å². The van der Waals surface area contributed by atoms with Crippen molar-refractivity contribution in [3.63, 3.8) is 0 Å². The van der Waals surface area contributed by atoms with Crippen molar-refractivity contribution < 1.29 is 0 Å². The quantitative estimate of drug-likeness (QED) is 0.389. The fraction of sp³-hybridized carbons (Fsp3) is 0.938. The standard InChI is InChI=1S/C16H34N4S/c1-15-8-6-11-20(14-15)12-7-10-19-16(17-2)18-9-4-5-13-21-3/h15H,4-14H2,1-3H3,(H2,17,18,19). The van der Waals surface area contributed by atoms with Gasteiger partial charge in [0.25, 0.3) is 0 Å². The fourth-order valence-electron chi connectivity index (χ4n) is 2.80. The lowest BCUT2D eigenvalue weighted by Gasteiger charge is -2.30. The highest BCUT2D eigenvalue weighted by Gasteiger charge is 2.15. The minimum absolute atomic E-state index is 0.877. The second-order valence-corrected chi connectivity index (χ2v) is 7.01. The van der Waals surface area contributed by atoms with Gasteiger partial charge >= 0.3 is 0 Å². The Labute approximate surface area is 135 Å². The first kappa shape index (κ1) is 18.6. The molecule has 0 bridgehead atoms. The first-order valence-electron chi connectivity index (χ1n) is 8.42. The molecule has 0 saturated carbocycles. The van der Waals surface area contributed by atoms with Crippen LogP contribution < -0.4 is 10.6 Å². The summed E-state index contributed by atoms with van der Waals surface area (Å²) >= 11 is 1.92. The third-order valence-corrected chi connectivity index (χ3v) is 4.67. The highest BCUT2D eigenvalue weighted by molar-refractivity contribution is 7.98. The van der Waals surface area contributed by atoms with E-state index < -0.39 is 0 Å². The van der Waals surface area contributed by atoms with Gasteiger partial charge in [-0.1, -0.05) is 6.92 Å². The second kappa shape index (κ2) is 12.2. The molecule has 1 fully saturated rings. The zero-order valence-electron chi connectivity index (χ0n) is 14.2. The van der Waals surface area contributed by atoms with Crippen LogP contribution in [-0.2, 0) is 0 Å². The molecule has 21 heavy (non-hydrogen) atoms. The number of nitrogens with zero attached hydrogens (tertiary/aromatic N) is 2. The topological polar surface area (TPSA) is 39.7 Å². The first-order chi connectivity index (χ1) is 10.3. The molecule has 1 aliphatic heterocycles. The molecule has 0 aromatic rings. The molecule has 1 saturated heterocycles. The summed E-state index contributed by atoms with van der Waals surface area (Å²) in [6.45, 7) is 8.17. The number of piperidine rings is 1. The lowest BCUT2D eigenvalue weighted by Crippen LogP contribution is -2.40. The van der Waals surface area contributed by atoms with E-state index in [0.29, 0.717) is 0 Å². The van der Waals surface area contributed by atoms with Crippen molar-refractivity contribution in [2.24, 2.45) is 10.9 Å². The summed E-state index contributed by atoms with van der Waals surface area (Å²) in [6, 6.07) is 0. The van der Waals surface area contributed by atoms with Gasteiger partial charge in [0.15, 0.2) is 5.96 Å². The molecule has 4 nitrogen and oxygen atoms in total. The molecule has 1 unspecified atom stereocenters. The Kier molecular flexibility index (Phi) is 10.8. The molecule has 1 heterocycles. The molecule has 2 N–H and O–H groups in total. The van der Waals surface area contributed by atoms with E-state index in [-0.39, 0.29) is 0 Å². The molecule has 0 amide bonds. The van der Waals surface area contributed by atoms with Crippen LogP contribution in [0.15, 0.2) is 4.99 Å². The Morgan fingerprint density at radius 2 is 2.00 bits per heavy atom. The minimum Gasteiger partial charge on any atom is -0.356 e. The van der Waals surface area contributed by atoms with Crippen LogP contribution >= 0.6 is 11.8 Å². The minimum atomic E-state index is 0.877. The zero-order chi connectivity index (χ0) is 15.3. The van der Waals surface area contributed by atoms with Crippen LogP contribution in [0.1, 0.15) is 39.0 Å². The van der Waals surface area contributed by atoms with E-state index in [9.17, 15) is 0 Å². The Morgan fingerprint density at radius 3 is 2.67 bits per heavy atom. The predicted octanol–water partition coefficient (Wildman–Crippen LogP) is 2.42. The van der Waals surface area contributed by atoms with Gasteiger partial charge in [-0.3, -0.25) is 4.99 Å². The highest BCUT2D eigenvalue weighted by Crippen LogP contribution is 2.15. The lowest BCUT2D eigenvalue weighted by molar-refractivity contribution is 0.182. The number of unbranched alkanes of at least 4 members (excludes halogenated alkanes) is 1. The maximum absolute atomic E-state index is 4.28.